The van der Waals surface area contributed by atoms with Crippen LogP contribution in [0, 0.1) is 17.8 Å². The lowest BCUT2D eigenvalue weighted by Crippen LogP contribution is -2.39. The number of ether oxygens (including phenoxy) is 1. The van der Waals surface area contributed by atoms with Crippen molar-refractivity contribution in [3.05, 3.63) is 35.9 Å². The van der Waals surface area contributed by atoms with E-state index < -0.39 is 0 Å². The average molecular weight is 271 g/mol. The maximum Gasteiger partial charge on any atom is 0.226 e. The van der Waals surface area contributed by atoms with Crippen molar-refractivity contribution in [1.82, 2.24) is 4.90 Å². The van der Waals surface area contributed by atoms with Crippen LogP contribution in [0.2, 0.25) is 0 Å². The third-order valence-electron chi connectivity index (χ3n) is 5.31. The number of rotatable bonds is 2. The number of nitrogens with zero attached hydrogens (tertiary/aromatic N) is 1. The van der Waals surface area contributed by atoms with Crippen molar-refractivity contribution in [1.29, 1.82) is 0 Å². The first kappa shape index (κ1) is 12.4. The zero-order valence-electron chi connectivity index (χ0n) is 11.7. The number of fused-ring (bicyclic) bond motifs is 1. The number of carbonyl (C=O) groups is 1. The Balaban J connectivity index is 1.35. The SMILES string of the molecule is O=C(C1[C@H]2COC[C@@H]12)N1CCC(c2ccccc2)CC1. The molecule has 3 heteroatoms. The second-order valence-electron chi connectivity index (χ2n) is 6.40. The Bertz CT molecular complexity index is 483. The standard InChI is InChI=1S/C17H21NO2/c19-17(16-14-10-20-11-15(14)16)18-8-6-13(7-9-18)12-4-2-1-3-5-12/h1-5,13-16H,6-11H2/t14-,15+,16?. The van der Waals surface area contributed by atoms with Gasteiger partial charge < -0.3 is 9.64 Å². The lowest BCUT2D eigenvalue weighted by molar-refractivity contribution is -0.135. The minimum Gasteiger partial charge on any atom is -0.381 e. The predicted octanol–water partition coefficient (Wildman–Crippen LogP) is 2.29. The third-order valence-corrected chi connectivity index (χ3v) is 5.31. The molecule has 0 spiro atoms. The highest BCUT2D eigenvalue weighted by Gasteiger charge is 2.58. The van der Waals surface area contributed by atoms with Crippen LogP contribution >= 0.6 is 0 Å². The molecular formula is C17H21NO2. The number of piperidine rings is 1. The number of likely N-dealkylation sites (tertiary alicyclic amines) is 1. The van der Waals surface area contributed by atoms with E-state index in [4.69, 9.17) is 4.74 Å². The van der Waals surface area contributed by atoms with Crippen LogP contribution in [0.4, 0.5) is 0 Å². The number of benzene rings is 1. The fraction of sp³-hybridized carbons (Fsp3) is 0.588. The fourth-order valence-electron chi connectivity index (χ4n) is 3.98. The van der Waals surface area contributed by atoms with E-state index in [0.29, 0.717) is 23.7 Å². The first-order valence-electron chi connectivity index (χ1n) is 7.76. The lowest BCUT2D eigenvalue weighted by Gasteiger charge is -2.32. The molecule has 2 aliphatic heterocycles. The highest BCUT2D eigenvalue weighted by molar-refractivity contribution is 5.82. The van der Waals surface area contributed by atoms with Crippen LogP contribution in [0.25, 0.3) is 0 Å². The van der Waals surface area contributed by atoms with Gasteiger partial charge in [-0.1, -0.05) is 30.3 Å². The predicted molar refractivity (Wildman–Crippen MR) is 76.3 cm³/mol. The highest BCUT2D eigenvalue weighted by atomic mass is 16.5. The topological polar surface area (TPSA) is 29.5 Å². The summed E-state index contributed by atoms with van der Waals surface area (Å²) in [5, 5.41) is 0. The van der Waals surface area contributed by atoms with Gasteiger partial charge in [-0.15, -0.1) is 0 Å². The van der Waals surface area contributed by atoms with Crippen molar-refractivity contribution in [3.8, 4) is 0 Å². The molecular weight excluding hydrogens is 250 g/mol. The Kier molecular flexibility index (Phi) is 3.03. The van der Waals surface area contributed by atoms with E-state index in [-0.39, 0.29) is 5.92 Å². The molecule has 20 heavy (non-hydrogen) atoms. The van der Waals surface area contributed by atoms with E-state index in [0.717, 1.165) is 39.1 Å². The molecule has 3 atom stereocenters. The summed E-state index contributed by atoms with van der Waals surface area (Å²) in [7, 11) is 0. The van der Waals surface area contributed by atoms with Gasteiger partial charge in [0.05, 0.1) is 13.2 Å². The number of amides is 1. The summed E-state index contributed by atoms with van der Waals surface area (Å²) in [4.78, 5) is 14.6. The normalized spacial score (nSPS) is 33.0. The van der Waals surface area contributed by atoms with E-state index in [1.807, 2.05) is 0 Å². The fourth-order valence-corrected chi connectivity index (χ4v) is 3.98. The molecule has 1 aliphatic carbocycles. The second-order valence-corrected chi connectivity index (χ2v) is 6.40. The van der Waals surface area contributed by atoms with E-state index in [9.17, 15) is 4.79 Å². The summed E-state index contributed by atoms with van der Waals surface area (Å²) in [5.74, 6) is 2.39. The van der Waals surface area contributed by atoms with Crippen LogP contribution in [0.5, 0.6) is 0 Å². The summed E-state index contributed by atoms with van der Waals surface area (Å²) in [6, 6.07) is 10.7. The van der Waals surface area contributed by atoms with Crippen LogP contribution < -0.4 is 0 Å². The molecule has 4 rings (SSSR count). The molecule has 1 aromatic carbocycles. The molecule has 0 aromatic heterocycles. The summed E-state index contributed by atoms with van der Waals surface area (Å²) in [6.45, 7) is 3.47. The molecule has 3 fully saturated rings. The van der Waals surface area contributed by atoms with Crippen molar-refractivity contribution in [2.45, 2.75) is 18.8 Å². The van der Waals surface area contributed by atoms with Gasteiger partial charge in [-0.2, -0.15) is 0 Å². The van der Waals surface area contributed by atoms with Gasteiger partial charge in [0.25, 0.3) is 0 Å². The summed E-state index contributed by atoms with van der Waals surface area (Å²) in [5.41, 5.74) is 1.43. The molecule has 0 bridgehead atoms. The van der Waals surface area contributed by atoms with Crippen molar-refractivity contribution in [2.75, 3.05) is 26.3 Å². The molecule has 0 radical (unpaired) electrons. The van der Waals surface area contributed by atoms with Gasteiger partial charge in [0, 0.05) is 19.0 Å². The molecule has 1 saturated carbocycles. The maximum absolute atomic E-state index is 12.5. The molecule has 106 valence electrons. The molecule has 3 aliphatic rings. The minimum absolute atomic E-state index is 0.289. The van der Waals surface area contributed by atoms with E-state index in [1.165, 1.54) is 5.56 Å². The van der Waals surface area contributed by atoms with E-state index >= 15 is 0 Å². The van der Waals surface area contributed by atoms with E-state index in [2.05, 4.69) is 35.2 Å². The van der Waals surface area contributed by atoms with Crippen LogP contribution in [0.1, 0.15) is 24.3 Å². The van der Waals surface area contributed by atoms with Gasteiger partial charge in [0.1, 0.15) is 0 Å². The van der Waals surface area contributed by atoms with Gasteiger partial charge >= 0.3 is 0 Å². The van der Waals surface area contributed by atoms with Gasteiger partial charge in [0.15, 0.2) is 0 Å². The minimum atomic E-state index is 0.289. The Morgan fingerprint density at radius 3 is 2.35 bits per heavy atom. The van der Waals surface area contributed by atoms with Crippen LogP contribution in [0.3, 0.4) is 0 Å². The first-order chi connectivity index (χ1) is 9.84. The number of hydrogen-bond donors (Lipinski definition) is 0. The van der Waals surface area contributed by atoms with E-state index in [1.54, 1.807) is 0 Å². The summed E-state index contributed by atoms with van der Waals surface area (Å²) < 4.78 is 5.38. The Morgan fingerprint density at radius 1 is 1.05 bits per heavy atom. The van der Waals surface area contributed by atoms with Gasteiger partial charge in [0.2, 0.25) is 5.91 Å². The van der Waals surface area contributed by atoms with Crippen molar-refractivity contribution < 1.29 is 9.53 Å². The number of hydrogen-bond acceptors (Lipinski definition) is 2. The lowest BCUT2D eigenvalue weighted by atomic mass is 9.89. The van der Waals surface area contributed by atoms with Crippen LogP contribution in [-0.2, 0) is 9.53 Å². The summed E-state index contributed by atoms with van der Waals surface area (Å²) >= 11 is 0. The highest BCUT2D eigenvalue weighted by Crippen LogP contribution is 2.51. The molecule has 3 nitrogen and oxygen atoms in total. The molecule has 1 amide bonds. The second kappa shape index (κ2) is 4.88. The molecule has 1 aromatic rings. The zero-order valence-corrected chi connectivity index (χ0v) is 11.7. The average Bonchev–Trinajstić information content (AvgIpc) is 2.99. The smallest absolute Gasteiger partial charge is 0.226 e. The van der Waals surface area contributed by atoms with Crippen molar-refractivity contribution >= 4 is 5.91 Å². The quantitative estimate of drug-likeness (QED) is 0.826. The monoisotopic (exact) mass is 271 g/mol. The maximum atomic E-state index is 12.5. The third kappa shape index (κ3) is 2.05. The molecule has 1 unspecified atom stereocenters. The molecule has 0 N–H and O–H groups in total. The Labute approximate surface area is 119 Å². The van der Waals surface area contributed by atoms with Crippen molar-refractivity contribution in [2.24, 2.45) is 17.8 Å². The zero-order chi connectivity index (χ0) is 13.5. The largest absolute Gasteiger partial charge is 0.381 e. The van der Waals surface area contributed by atoms with Gasteiger partial charge in [-0.3, -0.25) is 4.79 Å². The van der Waals surface area contributed by atoms with Gasteiger partial charge in [-0.25, -0.2) is 0 Å². The first-order valence-corrected chi connectivity index (χ1v) is 7.76. The van der Waals surface area contributed by atoms with Gasteiger partial charge in [-0.05, 0) is 36.2 Å². The molecule has 2 heterocycles. The Hall–Kier alpha value is -1.35. The molecule has 2 saturated heterocycles. The Morgan fingerprint density at radius 2 is 1.70 bits per heavy atom. The number of carbonyl (C=O) groups excluding carboxylic acids is 1. The van der Waals surface area contributed by atoms with Crippen LogP contribution in [-0.4, -0.2) is 37.1 Å². The van der Waals surface area contributed by atoms with Crippen molar-refractivity contribution in [3.63, 3.8) is 0 Å². The van der Waals surface area contributed by atoms with Crippen LogP contribution in [0.15, 0.2) is 30.3 Å². The summed E-state index contributed by atoms with van der Waals surface area (Å²) in [6.07, 6.45) is 2.21.